The molecule has 2 heterocycles. The van der Waals surface area contributed by atoms with Crippen molar-refractivity contribution in [2.75, 3.05) is 19.6 Å². The molecule has 1 N–H and O–H groups in total. The molecule has 1 aliphatic heterocycles. The highest BCUT2D eigenvalue weighted by Crippen LogP contribution is 2.30. The zero-order valence-electron chi connectivity index (χ0n) is 16.9. The number of pyridine rings is 1. The van der Waals surface area contributed by atoms with E-state index in [9.17, 15) is 31.2 Å². The summed E-state index contributed by atoms with van der Waals surface area (Å²) in [5.41, 5.74) is -0.485. The van der Waals surface area contributed by atoms with Crippen molar-refractivity contribution in [1.29, 1.82) is 0 Å². The number of hydrogen-bond acceptors (Lipinski definition) is 5. The van der Waals surface area contributed by atoms with Gasteiger partial charge in [-0.25, -0.2) is 8.42 Å². The Bertz CT molecular complexity index is 1120. The summed E-state index contributed by atoms with van der Waals surface area (Å²) >= 11 is 0. The predicted molar refractivity (Wildman–Crippen MR) is 106 cm³/mol. The van der Waals surface area contributed by atoms with Crippen molar-refractivity contribution in [3.63, 3.8) is 0 Å². The van der Waals surface area contributed by atoms with E-state index in [1.807, 2.05) is 0 Å². The Balaban J connectivity index is 1.73. The van der Waals surface area contributed by atoms with E-state index in [-0.39, 0.29) is 42.2 Å². The summed E-state index contributed by atoms with van der Waals surface area (Å²) in [4.78, 5) is 28.9. The standard InChI is InChI=1S/C20H20F3N3O5S/c1-13-12-25(32(30,31)17-4-2-15(3-5-17)20(21,22)23)8-9-26(13)19(29)14-6-7-24-16(10-14)11-18(27)28/h2-7,10,13H,8-9,11-12H2,1H3,(H,27,28)/t13-/m0/s1. The number of carboxylic acid groups (broad SMARTS) is 1. The smallest absolute Gasteiger partial charge is 0.416 e. The minimum atomic E-state index is -4.57. The molecule has 1 aromatic carbocycles. The maximum atomic E-state index is 12.9. The van der Waals surface area contributed by atoms with Gasteiger partial charge in [0.2, 0.25) is 10.0 Å². The van der Waals surface area contributed by atoms with Gasteiger partial charge in [-0.15, -0.1) is 0 Å². The fourth-order valence-electron chi connectivity index (χ4n) is 3.44. The number of piperazine rings is 1. The van der Waals surface area contributed by atoms with E-state index in [1.54, 1.807) is 6.92 Å². The quantitative estimate of drug-likeness (QED) is 0.717. The minimum absolute atomic E-state index is 0.0352. The van der Waals surface area contributed by atoms with E-state index in [0.29, 0.717) is 12.1 Å². The molecule has 1 fully saturated rings. The summed E-state index contributed by atoms with van der Waals surface area (Å²) in [5, 5.41) is 8.89. The van der Waals surface area contributed by atoms with Gasteiger partial charge in [0.15, 0.2) is 0 Å². The van der Waals surface area contributed by atoms with Gasteiger partial charge in [0, 0.05) is 37.4 Å². The molecule has 1 aliphatic rings. The number of carbonyl (C=O) groups is 2. The summed E-state index contributed by atoms with van der Waals surface area (Å²) in [7, 11) is -4.04. The third-order valence-electron chi connectivity index (χ3n) is 5.07. The monoisotopic (exact) mass is 471 g/mol. The average molecular weight is 471 g/mol. The molecule has 1 aromatic heterocycles. The van der Waals surface area contributed by atoms with Gasteiger partial charge in [-0.1, -0.05) is 0 Å². The van der Waals surface area contributed by atoms with Gasteiger partial charge in [-0.05, 0) is 43.3 Å². The SMILES string of the molecule is C[C@H]1CN(S(=O)(=O)c2ccc(C(F)(F)F)cc2)CCN1C(=O)c1ccnc(CC(=O)O)c1. The highest BCUT2D eigenvalue weighted by atomic mass is 32.2. The molecule has 0 bridgehead atoms. The van der Waals surface area contributed by atoms with E-state index in [4.69, 9.17) is 5.11 Å². The lowest BCUT2D eigenvalue weighted by Gasteiger charge is -2.39. The first-order valence-electron chi connectivity index (χ1n) is 9.54. The molecule has 0 spiro atoms. The van der Waals surface area contributed by atoms with E-state index >= 15 is 0 Å². The maximum absolute atomic E-state index is 12.9. The maximum Gasteiger partial charge on any atom is 0.416 e. The molecule has 0 saturated carbocycles. The predicted octanol–water partition coefficient (Wildman–Crippen LogP) is 2.26. The largest absolute Gasteiger partial charge is 0.481 e. The molecule has 3 rings (SSSR count). The Morgan fingerprint density at radius 3 is 2.38 bits per heavy atom. The summed E-state index contributed by atoms with van der Waals surface area (Å²) in [6, 6.07) is 5.59. The Labute approximate surface area is 182 Å². The molecule has 12 heteroatoms. The topological polar surface area (TPSA) is 108 Å². The number of rotatable bonds is 5. The molecule has 0 unspecified atom stereocenters. The Hall–Kier alpha value is -2.99. The van der Waals surface area contributed by atoms with Crippen LogP contribution in [0.4, 0.5) is 13.2 Å². The van der Waals surface area contributed by atoms with Crippen LogP contribution < -0.4 is 0 Å². The van der Waals surface area contributed by atoms with Crippen LogP contribution in [0.3, 0.4) is 0 Å². The van der Waals surface area contributed by atoms with Crippen molar-refractivity contribution in [2.45, 2.75) is 30.5 Å². The minimum Gasteiger partial charge on any atom is -0.481 e. The normalized spacial score (nSPS) is 17.9. The van der Waals surface area contributed by atoms with Crippen LogP contribution in [0.5, 0.6) is 0 Å². The van der Waals surface area contributed by atoms with E-state index < -0.39 is 39.7 Å². The van der Waals surface area contributed by atoms with Crippen LogP contribution >= 0.6 is 0 Å². The lowest BCUT2D eigenvalue weighted by Crippen LogP contribution is -2.55. The number of aliphatic carboxylic acids is 1. The van der Waals surface area contributed by atoms with Crippen LogP contribution in [0, 0.1) is 0 Å². The van der Waals surface area contributed by atoms with Crippen LogP contribution in [0.1, 0.15) is 28.5 Å². The van der Waals surface area contributed by atoms with Crippen molar-refractivity contribution in [2.24, 2.45) is 0 Å². The molecule has 172 valence electrons. The molecule has 1 amide bonds. The molecular weight excluding hydrogens is 451 g/mol. The molecule has 0 radical (unpaired) electrons. The molecule has 1 saturated heterocycles. The molecule has 8 nitrogen and oxygen atoms in total. The highest BCUT2D eigenvalue weighted by molar-refractivity contribution is 7.89. The summed E-state index contributed by atoms with van der Waals surface area (Å²) in [5.74, 6) is -1.48. The average Bonchev–Trinajstić information content (AvgIpc) is 2.72. The zero-order chi connectivity index (χ0) is 23.7. The molecule has 2 aromatic rings. The number of halogens is 3. The van der Waals surface area contributed by atoms with Crippen molar-refractivity contribution < 1.29 is 36.3 Å². The first-order valence-corrected chi connectivity index (χ1v) is 11.0. The zero-order valence-corrected chi connectivity index (χ0v) is 17.7. The van der Waals surface area contributed by atoms with Crippen molar-refractivity contribution >= 4 is 21.9 Å². The Kier molecular flexibility index (Phi) is 6.56. The second kappa shape index (κ2) is 8.87. The second-order valence-electron chi connectivity index (χ2n) is 7.34. The molecule has 1 atom stereocenters. The van der Waals surface area contributed by atoms with Crippen LogP contribution in [0.25, 0.3) is 0 Å². The summed E-state index contributed by atoms with van der Waals surface area (Å²) in [6.07, 6.45) is -3.57. The highest BCUT2D eigenvalue weighted by Gasteiger charge is 2.36. The van der Waals surface area contributed by atoms with Crippen molar-refractivity contribution in [3.05, 3.63) is 59.4 Å². The van der Waals surface area contributed by atoms with Crippen LogP contribution in [0.2, 0.25) is 0 Å². The lowest BCUT2D eigenvalue weighted by atomic mass is 10.1. The molecule has 32 heavy (non-hydrogen) atoms. The van der Waals surface area contributed by atoms with Gasteiger partial charge >= 0.3 is 12.1 Å². The first kappa shape index (κ1) is 23.7. The third kappa shape index (κ3) is 5.07. The summed E-state index contributed by atoms with van der Waals surface area (Å²) < 4.78 is 65.1. The number of sulfonamides is 1. The Morgan fingerprint density at radius 1 is 1.16 bits per heavy atom. The Morgan fingerprint density at radius 2 is 1.81 bits per heavy atom. The number of aromatic nitrogens is 1. The lowest BCUT2D eigenvalue weighted by molar-refractivity contribution is -0.138. The van der Waals surface area contributed by atoms with Gasteiger partial charge < -0.3 is 10.0 Å². The number of benzene rings is 1. The third-order valence-corrected chi connectivity index (χ3v) is 6.95. The van der Waals surface area contributed by atoms with Crippen molar-refractivity contribution in [1.82, 2.24) is 14.2 Å². The number of nitrogens with zero attached hydrogens (tertiary/aromatic N) is 3. The molecule has 0 aliphatic carbocycles. The fourth-order valence-corrected chi connectivity index (χ4v) is 4.95. The van der Waals surface area contributed by atoms with Gasteiger partial charge in [0.1, 0.15) is 0 Å². The number of amides is 1. The fraction of sp³-hybridized carbons (Fsp3) is 0.350. The van der Waals surface area contributed by atoms with E-state index in [2.05, 4.69) is 4.98 Å². The van der Waals surface area contributed by atoms with Crippen LogP contribution in [0.15, 0.2) is 47.5 Å². The van der Waals surface area contributed by atoms with Gasteiger partial charge in [0.05, 0.1) is 22.6 Å². The second-order valence-corrected chi connectivity index (χ2v) is 9.28. The first-order chi connectivity index (χ1) is 14.9. The number of carbonyl (C=O) groups excluding carboxylic acids is 1. The van der Waals surface area contributed by atoms with E-state index in [1.165, 1.54) is 23.2 Å². The number of hydrogen-bond donors (Lipinski definition) is 1. The number of carboxylic acids is 1. The molecular formula is C20H20F3N3O5S. The van der Waals surface area contributed by atoms with Crippen LogP contribution in [-0.4, -0.2) is 65.3 Å². The summed E-state index contributed by atoms with van der Waals surface area (Å²) in [6.45, 7) is 1.65. The van der Waals surface area contributed by atoms with Gasteiger partial charge in [0.25, 0.3) is 5.91 Å². The van der Waals surface area contributed by atoms with Crippen molar-refractivity contribution in [3.8, 4) is 0 Å². The van der Waals surface area contributed by atoms with Gasteiger partial charge in [-0.2, -0.15) is 17.5 Å². The number of alkyl halides is 3. The van der Waals surface area contributed by atoms with E-state index in [0.717, 1.165) is 16.4 Å². The van der Waals surface area contributed by atoms with Crippen LogP contribution in [-0.2, 0) is 27.4 Å². The van der Waals surface area contributed by atoms with Gasteiger partial charge in [-0.3, -0.25) is 14.6 Å².